The van der Waals surface area contributed by atoms with Crippen molar-refractivity contribution in [3.63, 3.8) is 0 Å². The van der Waals surface area contributed by atoms with Crippen LogP contribution in [0.25, 0.3) is 11.0 Å². The Kier molecular flexibility index (Phi) is 3.94. The number of pyridine rings is 1. The number of fused-ring (bicyclic) bond motifs is 1. The number of aromatic nitrogens is 2. The summed E-state index contributed by atoms with van der Waals surface area (Å²) in [6, 6.07) is 5.54. The van der Waals surface area contributed by atoms with Crippen LogP contribution >= 0.6 is 35.2 Å². The molecule has 19 heavy (non-hydrogen) atoms. The monoisotopic (exact) mass is 390 g/mol. The van der Waals surface area contributed by atoms with Crippen molar-refractivity contribution in [2.45, 2.75) is 25.4 Å². The van der Waals surface area contributed by atoms with Gasteiger partial charge in [-0.05, 0) is 31.4 Å². The molecule has 2 aromatic heterocycles. The summed E-state index contributed by atoms with van der Waals surface area (Å²) in [7, 11) is 0. The van der Waals surface area contributed by atoms with Gasteiger partial charge in [0.2, 0.25) is 5.88 Å². The second kappa shape index (κ2) is 5.68. The van der Waals surface area contributed by atoms with Crippen molar-refractivity contribution in [1.29, 1.82) is 0 Å². The lowest BCUT2D eigenvalue weighted by Crippen LogP contribution is -2.24. The van der Waals surface area contributed by atoms with Gasteiger partial charge in [-0.25, -0.2) is 6.48 Å². The molecular formula is C12H11IN2O3S. The number of hydrogen-bond acceptors (Lipinski definition) is 5. The predicted octanol–water partition coefficient (Wildman–Crippen LogP) is 3.56. The first-order chi connectivity index (χ1) is 9.31. The minimum Gasteiger partial charge on any atom is -0.474 e. The van der Waals surface area contributed by atoms with Crippen molar-refractivity contribution in [2.24, 2.45) is 0 Å². The highest BCUT2D eigenvalue weighted by atomic mass is 127. The maximum atomic E-state index is 11.0. The molecule has 0 amide bonds. The van der Waals surface area contributed by atoms with Crippen molar-refractivity contribution in [2.75, 3.05) is 0 Å². The van der Waals surface area contributed by atoms with Crippen LogP contribution in [0.2, 0.25) is 0 Å². The molecule has 3 rings (SSSR count). The van der Waals surface area contributed by atoms with E-state index >= 15 is 0 Å². The summed E-state index contributed by atoms with van der Waals surface area (Å²) in [4.78, 5) is 15.5. The maximum absolute atomic E-state index is 11.0. The molecule has 0 radical (unpaired) electrons. The maximum Gasteiger partial charge on any atom is 0.215 e. The van der Waals surface area contributed by atoms with Gasteiger partial charge in [-0.3, -0.25) is 4.79 Å². The van der Waals surface area contributed by atoms with Crippen molar-refractivity contribution >= 4 is 52.6 Å². The Morgan fingerprint density at radius 2 is 2.32 bits per heavy atom. The van der Waals surface area contributed by atoms with E-state index in [1.54, 1.807) is 33.0 Å². The molecule has 0 N–H and O–H groups in total. The molecule has 0 unspecified atom stereocenters. The number of carbonyl (C=O) groups is 1. The zero-order valence-electron chi connectivity index (χ0n) is 9.91. The smallest absolute Gasteiger partial charge is 0.215 e. The highest BCUT2D eigenvalue weighted by Crippen LogP contribution is 2.29. The van der Waals surface area contributed by atoms with E-state index in [9.17, 15) is 4.79 Å². The van der Waals surface area contributed by atoms with E-state index in [-0.39, 0.29) is 6.10 Å². The summed E-state index contributed by atoms with van der Waals surface area (Å²) in [5.41, 5.74) is 1.20. The number of halogens is 1. The van der Waals surface area contributed by atoms with E-state index in [1.807, 2.05) is 12.1 Å². The molecule has 1 saturated carbocycles. The van der Waals surface area contributed by atoms with Crippen molar-refractivity contribution < 1.29 is 12.0 Å². The first-order valence-corrected chi connectivity index (χ1v) is 7.50. The molecule has 0 atom stereocenters. The lowest BCUT2D eigenvalue weighted by atomic mass is 9.96. The Labute approximate surface area is 128 Å². The molecule has 1 fully saturated rings. The van der Waals surface area contributed by atoms with Crippen molar-refractivity contribution in [1.82, 2.24) is 8.96 Å². The Balaban J connectivity index is 1.98. The van der Waals surface area contributed by atoms with E-state index < -0.39 is 0 Å². The standard InChI is InChI=1S/C12H11IN2O3S/c13-18-19-15-9(7-16)6-8-4-5-11(14-12(8)15)17-10-2-1-3-10/h4-7,10H,1-3H2. The minimum atomic E-state index is 0.285. The zero-order chi connectivity index (χ0) is 13.2. The number of ether oxygens (including phenoxy) is 1. The van der Waals surface area contributed by atoms with Gasteiger partial charge in [0.15, 0.2) is 11.9 Å². The Morgan fingerprint density at radius 1 is 1.47 bits per heavy atom. The number of rotatable bonds is 5. The SMILES string of the molecule is O=Cc1cc2ccc(OC3CCC3)nc2n1SOI. The quantitative estimate of drug-likeness (QED) is 0.444. The Hall–Kier alpha value is -0.800. The third-order valence-corrected chi connectivity index (χ3v) is 4.24. The molecule has 0 aliphatic heterocycles. The second-order valence-corrected chi connectivity index (χ2v) is 6.07. The van der Waals surface area contributed by atoms with Crippen molar-refractivity contribution in [3.8, 4) is 5.88 Å². The van der Waals surface area contributed by atoms with E-state index in [2.05, 4.69) is 4.98 Å². The van der Waals surface area contributed by atoms with Crippen LogP contribution < -0.4 is 4.74 Å². The highest BCUT2D eigenvalue weighted by molar-refractivity contribution is 14.1. The summed E-state index contributed by atoms with van der Waals surface area (Å²) in [6.07, 6.45) is 4.47. The van der Waals surface area contributed by atoms with E-state index in [4.69, 9.17) is 7.25 Å². The summed E-state index contributed by atoms with van der Waals surface area (Å²) in [5, 5.41) is 0.893. The normalized spacial score (nSPS) is 15.4. The van der Waals surface area contributed by atoms with Crippen LogP contribution in [0.4, 0.5) is 0 Å². The molecule has 1 aliphatic rings. The Bertz CT molecular complexity index is 612. The topological polar surface area (TPSA) is 53.3 Å². The lowest BCUT2D eigenvalue weighted by Gasteiger charge is -2.25. The molecule has 7 heteroatoms. The van der Waals surface area contributed by atoms with Crippen LogP contribution in [0.3, 0.4) is 0 Å². The van der Waals surface area contributed by atoms with Crippen molar-refractivity contribution in [3.05, 3.63) is 23.9 Å². The number of carbonyl (C=O) groups excluding carboxylic acids is 1. The van der Waals surface area contributed by atoms with Gasteiger partial charge in [0.05, 0.1) is 5.69 Å². The molecule has 2 heterocycles. The van der Waals surface area contributed by atoms with Gasteiger partial charge in [-0.1, -0.05) is 0 Å². The molecule has 0 bridgehead atoms. The summed E-state index contributed by atoms with van der Waals surface area (Å²) >= 11 is 2.83. The summed E-state index contributed by atoms with van der Waals surface area (Å²) in [5.74, 6) is 0.600. The molecule has 5 nitrogen and oxygen atoms in total. The van der Waals surface area contributed by atoms with Gasteiger partial charge in [0.25, 0.3) is 0 Å². The van der Waals surface area contributed by atoms with E-state index in [1.165, 1.54) is 6.42 Å². The van der Waals surface area contributed by atoms with E-state index in [0.29, 0.717) is 17.2 Å². The first kappa shape index (κ1) is 13.2. The number of nitrogens with zero attached hydrogens (tertiary/aromatic N) is 2. The molecule has 0 saturated heterocycles. The average Bonchev–Trinajstić information content (AvgIpc) is 2.72. The fraction of sp³-hybridized carbons (Fsp3) is 0.333. The molecule has 0 spiro atoms. The molecule has 0 aromatic carbocycles. The predicted molar refractivity (Wildman–Crippen MR) is 81.5 cm³/mol. The fourth-order valence-corrected chi connectivity index (χ4v) is 2.91. The van der Waals surface area contributed by atoms with Crippen LogP contribution in [0.1, 0.15) is 29.8 Å². The number of hydrogen-bond donors (Lipinski definition) is 0. The highest BCUT2D eigenvalue weighted by Gasteiger charge is 2.20. The van der Waals surface area contributed by atoms with Crippen LogP contribution in [0.15, 0.2) is 18.2 Å². The zero-order valence-corrected chi connectivity index (χ0v) is 12.9. The Morgan fingerprint density at radius 3 is 2.95 bits per heavy atom. The lowest BCUT2D eigenvalue weighted by molar-refractivity contribution is 0.111. The first-order valence-electron chi connectivity index (χ1n) is 5.92. The van der Waals surface area contributed by atoms with Crippen LogP contribution in [0.5, 0.6) is 5.88 Å². The molecule has 100 valence electrons. The summed E-state index contributed by atoms with van der Waals surface area (Å²) in [6.45, 7) is 0. The van der Waals surface area contributed by atoms with E-state index in [0.717, 1.165) is 36.7 Å². The third-order valence-electron chi connectivity index (χ3n) is 3.17. The molecule has 2 aromatic rings. The second-order valence-electron chi connectivity index (χ2n) is 4.35. The fourth-order valence-electron chi connectivity index (χ4n) is 1.97. The number of aldehydes is 1. The van der Waals surface area contributed by atoms with Crippen LogP contribution in [-0.2, 0) is 2.51 Å². The van der Waals surface area contributed by atoms with Gasteiger partial charge < -0.3 is 4.74 Å². The summed E-state index contributed by atoms with van der Waals surface area (Å²) < 4.78 is 12.4. The van der Waals surface area contributed by atoms with Gasteiger partial charge in [0, 0.05) is 11.5 Å². The van der Waals surface area contributed by atoms with Gasteiger partial charge in [-0.2, -0.15) is 4.98 Å². The van der Waals surface area contributed by atoms with Crippen LogP contribution in [0, 0.1) is 0 Å². The molecular weight excluding hydrogens is 379 g/mol. The minimum absolute atomic E-state index is 0.285. The largest absolute Gasteiger partial charge is 0.474 e. The molecule has 1 aliphatic carbocycles. The average molecular weight is 390 g/mol. The van der Waals surface area contributed by atoms with Crippen LogP contribution in [-0.4, -0.2) is 21.3 Å². The van der Waals surface area contributed by atoms with Gasteiger partial charge in [-0.15, -0.1) is 0 Å². The van der Waals surface area contributed by atoms with Gasteiger partial charge >= 0.3 is 0 Å². The third kappa shape index (κ3) is 2.59. The van der Waals surface area contributed by atoms with Gasteiger partial charge in [0.1, 0.15) is 41.3 Å².